The normalized spacial score (nSPS) is 8.67. The van der Waals surface area contributed by atoms with Gasteiger partial charge in [-0.05, 0) is 12.2 Å². The molecule has 0 atom stereocenters. The summed E-state index contributed by atoms with van der Waals surface area (Å²) in [5, 5.41) is 8.71. The maximum absolute atomic E-state index is 8.76. The molecule has 12 heavy (non-hydrogen) atoms. The minimum Gasteiger partial charge on any atom is -0.499 e. The summed E-state index contributed by atoms with van der Waals surface area (Å²) in [4.78, 5) is 0. The summed E-state index contributed by atoms with van der Waals surface area (Å²) in [6, 6.07) is 9.07. The highest BCUT2D eigenvalue weighted by atomic mass is 32.1. The monoisotopic (exact) mass is 216 g/mol. The molecule has 66 valence electrons. The van der Waals surface area contributed by atoms with E-state index >= 15 is 0 Å². The molecule has 0 aromatic heterocycles. The molecule has 0 saturated carbocycles. The molecule has 0 unspecified atom stereocenters. The van der Waals surface area contributed by atoms with Crippen molar-refractivity contribution in [2.24, 2.45) is 0 Å². The maximum atomic E-state index is 8.76. The third-order valence-electron chi connectivity index (χ3n) is 1.02. The van der Waals surface area contributed by atoms with E-state index in [1.54, 1.807) is 12.1 Å². The molecule has 2 nitrogen and oxygen atoms in total. The van der Waals surface area contributed by atoms with Crippen LogP contribution in [-0.4, -0.2) is 31.1 Å². The van der Waals surface area contributed by atoms with E-state index < -0.39 is 0 Å². The Morgan fingerprint density at radius 1 is 1.25 bits per heavy atom. The van der Waals surface area contributed by atoms with Gasteiger partial charge in [-0.25, -0.2) is 0 Å². The minimum absolute atomic E-state index is 0.0457. The van der Waals surface area contributed by atoms with E-state index in [0.717, 1.165) is 21.0 Å². The van der Waals surface area contributed by atoms with Gasteiger partial charge in [-0.2, -0.15) is 0 Å². The van der Waals surface area contributed by atoms with Crippen molar-refractivity contribution in [2.45, 2.75) is 0 Å². The van der Waals surface area contributed by atoms with Crippen molar-refractivity contribution in [2.75, 3.05) is 0 Å². The van der Waals surface area contributed by atoms with Crippen LogP contribution in [0, 0.1) is 0 Å². The molecule has 0 radical (unpaired) electrons. The third kappa shape index (κ3) is 5.19. The van der Waals surface area contributed by atoms with Crippen molar-refractivity contribution in [3.63, 3.8) is 0 Å². The van der Waals surface area contributed by atoms with Crippen LogP contribution in [0.15, 0.2) is 30.3 Å². The molecule has 1 rings (SSSR count). The highest BCUT2D eigenvalue weighted by Gasteiger charge is 1.91. The molecule has 0 bridgehead atoms. The average molecular weight is 216 g/mol. The summed E-state index contributed by atoms with van der Waals surface area (Å²) >= 11 is 4.52. The molecule has 1 N–H and O–H groups in total. The summed E-state index contributed by atoms with van der Waals surface area (Å²) in [6.45, 7) is 0. The smallest absolute Gasteiger partial charge is 0.188 e. The van der Waals surface area contributed by atoms with E-state index in [1.807, 2.05) is 18.2 Å². The van der Waals surface area contributed by atoms with Crippen molar-refractivity contribution in [3.8, 4) is 0 Å². The number of aliphatic hydroxyl groups is 1. The first-order valence-electron chi connectivity index (χ1n) is 3.40. The average Bonchev–Trinajstić information content (AvgIpc) is 2.07. The van der Waals surface area contributed by atoms with Gasteiger partial charge in [0.25, 0.3) is 0 Å². The van der Waals surface area contributed by atoms with Crippen LogP contribution >= 0.6 is 12.2 Å². The van der Waals surface area contributed by atoms with Crippen LogP contribution in [0.5, 0.6) is 0 Å². The Morgan fingerprint density at radius 3 is 1.92 bits per heavy atom. The second kappa shape index (κ2) is 7.17. The van der Waals surface area contributed by atoms with Crippen LogP contribution in [0.25, 0.3) is 0 Å². The first-order chi connectivity index (χ1) is 5.72. The van der Waals surface area contributed by atoms with Gasteiger partial charge < -0.3 is 9.22 Å². The fourth-order valence-corrected chi connectivity index (χ4v) is 0.717. The van der Waals surface area contributed by atoms with Gasteiger partial charge in [0.1, 0.15) is 21.0 Å². The predicted molar refractivity (Wildman–Crippen MR) is 61.7 cm³/mol. The number of hydrogen-bond acceptors (Lipinski definition) is 2. The number of hydrogen-bond donors (Lipinski definition) is 1. The first kappa shape index (κ1) is 11.5. The van der Waals surface area contributed by atoms with Gasteiger partial charge in [0.05, 0.1) is 0 Å². The summed E-state index contributed by atoms with van der Waals surface area (Å²) in [5.74, 6) is 0. The highest BCUT2D eigenvalue weighted by molar-refractivity contribution is 7.80. The van der Waals surface area contributed by atoms with E-state index in [1.165, 1.54) is 0 Å². The molecule has 0 spiro atoms. The van der Waals surface area contributed by atoms with E-state index in [9.17, 15) is 0 Å². The topological polar surface area (TPSA) is 29.5 Å². The highest BCUT2D eigenvalue weighted by Crippen LogP contribution is 1.97. The van der Waals surface area contributed by atoms with Gasteiger partial charge in [0, 0.05) is 5.56 Å². The van der Waals surface area contributed by atoms with Crippen LogP contribution in [0.1, 0.15) is 5.56 Å². The lowest BCUT2D eigenvalue weighted by Crippen LogP contribution is -1.91. The molecule has 0 aliphatic heterocycles. The molecule has 1 aromatic carbocycles. The van der Waals surface area contributed by atoms with Gasteiger partial charge in [-0.1, -0.05) is 30.3 Å². The predicted octanol–water partition coefficient (Wildman–Crippen LogP) is -0.516. The molecule has 0 amide bonds. The van der Waals surface area contributed by atoms with Crippen LogP contribution in [0.2, 0.25) is 0 Å². The Kier molecular flexibility index (Phi) is 6.87. The number of aliphatic hydroxyl groups excluding tert-OH is 1. The lowest BCUT2D eigenvalue weighted by atomic mass is 10.2. The van der Waals surface area contributed by atoms with Crippen molar-refractivity contribution in [3.05, 3.63) is 35.9 Å². The van der Waals surface area contributed by atoms with E-state index in [-0.39, 0.29) is 5.05 Å². The molecule has 1 aromatic rings. The standard InChI is InChI=1S/C7H6OS.H6OSi2/c8-7(9)6-4-2-1-3-5-6;2-1-3/h1-5H,(H,8,9);2-3H3. The summed E-state index contributed by atoms with van der Waals surface area (Å²) in [5.41, 5.74) is 0.701. The Hall–Kier alpha value is -0.496. The zero-order valence-electron chi connectivity index (χ0n) is 7.15. The quantitative estimate of drug-likeness (QED) is 0.506. The fraction of sp³-hybridized carbons (Fsp3) is 0. The molecule has 0 saturated heterocycles. The molecule has 0 heterocycles. The summed E-state index contributed by atoms with van der Waals surface area (Å²) in [6.07, 6.45) is 0. The van der Waals surface area contributed by atoms with Crippen molar-refractivity contribution in [1.82, 2.24) is 0 Å². The Balaban J connectivity index is 0.000000354. The zero-order chi connectivity index (χ0) is 9.40. The molecule has 0 fully saturated rings. The zero-order valence-corrected chi connectivity index (χ0v) is 12.0. The number of rotatable bonds is 1. The van der Waals surface area contributed by atoms with Crippen molar-refractivity contribution in [1.29, 1.82) is 0 Å². The number of benzene rings is 1. The SMILES string of the molecule is OC(=S)c1ccccc1.[SiH3]O[SiH3]. The van der Waals surface area contributed by atoms with Crippen molar-refractivity contribution < 1.29 is 9.22 Å². The van der Waals surface area contributed by atoms with Gasteiger partial charge in [-0.3, -0.25) is 0 Å². The van der Waals surface area contributed by atoms with E-state index in [2.05, 4.69) is 16.3 Å². The van der Waals surface area contributed by atoms with Crippen LogP contribution in [0.4, 0.5) is 0 Å². The molecular weight excluding hydrogens is 204 g/mol. The van der Waals surface area contributed by atoms with E-state index in [4.69, 9.17) is 5.11 Å². The van der Waals surface area contributed by atoms with Gasteiger partial charge in [0.2, 0.25) is 0 Å². The lowest BCUT2D eigenvalue weighted by Gasteiger charge is -1.91. The second-order valence-electron chi connectivity index (χ2n) is 2.08. The number of thiocarbonyl (C=S) groups is 1. The largest absolute Gasteiger partial charge is 0.499 e. The second-order valence-corrected chi connectivity index (χ2v) is 5.73. The first-order valence-corrected chi connectivity index (χ1v) is 5.45. The molecule has 0 aliphatic rings. The van der Waals surface area contributed by atoms with Crippen LogP contribution in [-0.2, 0) is 4.12 Å². The Bertz CT molecular complexity index is 228. The fourth-order valence-electron chi connectivity index (χ4n) is 0.581. The summed E-state index contributed by atoms with van der Waals surface area (Å²) in [7, 11) is 1.86. The van der Waals surface area contributed by atoms with Gasteiger partial charge in [-0.15, -0.1) is 0 Å². The third-order valence-corrected chi connectivity index (χ3v) is 1.26. The molecule has 5 heteroatoms. The van der Waals surface area contributed by atoms with Gasteiger partial charge >= 0.3 is 0 Å². The summed E-state index contributed by atoms with van der Waals surface area (Å²) < 4.78 is 4.53. The van der Waals surface area contributed by atoms with Crippen LogP contribution < -0.4 is 0 Å². The Labute approximate surface area is 83.7 Å². The minimum atomic E-state index is -0.0457. The lowest BCUT2D eigenvalue weighted by molar-refractivity contribution is 0.571. The molecule has 0 aliphatic carbocycles. The maximum Gasteiger partial charge on any atom is 0.188 e. The Morgan fingerprint density at radius 2 is 1.67 bits per heavy atom. The van der Waals surface area contributed by atoms with E-state index in [0.29, 0.717) is 5.56 Å². The van der Waals surface area contributed by atoms with Gasteiger partial charge in [0.15, 0.2) is 5.05 Å². The molecular formula is C7H12O2SSi2. The van der Waals surface area contributed by atoms with Crippen LogP contribution in [0.3, 0.4) is 0 Å². The van der Waals surface area contributed by atoms with Crippen molar-refractivity contribution >= 4 is 38.2 Å².